The van der Waals surface area contributed by atoms with Crippen LogP contribution in [0.15, 0.2) is 48.5 Å². The van der Waals surface area contributed by atoms with E-state index in [0.717, 1.165) is 23.4 Å². The first-order valence-electron chi connectivity index (χ1n) is 10.3. The van der Waals surface area contributed by atoms with Crippen molar-refractivity contribution in [1.82, 2.24) is 15.5 Å². The molecule has 152 valence electrons. The van der Waals surface area contributed by atoms with Gasteiger partial charge < -0.3 is 20.4 Å². The van der Waals surface area contributed by atoms with Gasteiger partial charge in [0, 0.05) is 39.0 Å². The molecule has 2 N–H and O–H groups in total. The molecule has 1 saturated heterocycles. The molecule has 29 heavy (non-hydrogen) atoms. The van der Waals surface area contributed by atoms with Crippen molar-refractivity contribution in [1.29, 1.82) is 0 Å². The molecule has 6 heteroatoms. The van der Waals surface area contributed by atoms with E-state index in [0.29, 0.717) is 32.5 Å². The van der Waals surface area contributed by atoms with Gasteiger partial charge in [-0.2, -0.15) is 0 Å². The van der Waals surface area contributed by atoms with Crippen molar-refractivity contribution < 1.29 is 9.59 Å². The van der Waals surface area contributed by atoms with E-state index in [-0.39, 0.29) is 11.9 Å². The molecule has 0 bridgehead atoms. The Morgan fingerprint density at radius 3 is 2.48 bits per heavy atom. The van der Waals surface area contributed by atoms with Crippen LogP contribution in [0.3, 0.4) is 0 Å². The number of nitrogens with zero attached hydrogens (tertiary/aromatic N) is 2. The Hall–Kier alpha value is -3.02. The number of fused-ring (bicyclic) bond motifs is 1. The van der Waals surface area contributed by atoms with Crippen LogP contribution < -0.4 is 15.5 Å². The normalized spacial score (nSPS) is 17.7. The van der Waals surface area contributed by atoms with Gasteiger partial charge >= 0.3 is 6.03 Å². The Morgan fingerprint density at radius 1 is 1.10 bits per heavy atom. The fourth-order valence-corrected chi connectivity index (χ4v) is 4.42. The summed E-state index contributed by atoms with van der Waals surface area (Å²) in [5.41, 5.74) is 3.58. The van der Waals surface area contributed by atoms with Crippen LogP contribution in [0.4, 0.5) is 10.5 Å². The highest BCUT2D eigenvalue weighted by Crippen LogP contribution is 2.37. The monoisotopic (exact) mass is 392 g/mol. The van der Waals surface area contributed by atoms with E-state index in [2.05, 4.69) is 34.6 Å². The molecular weight excluding hydrogens is 364 g/mol. The number of urea groups is 1. The summed E-state index contributed by atoms with van der Waals surface area (Å²) >= 11 is 0. The minimum atomic E-state index is -0.423. The number of likely N-dealkylation sites (tertiary alicyclic amines) is 1. The Labute approximate surface area is 171 Å². The van der Waals surface area contributed by atoms with Gasteiger partial charge in [-0.15, -0.1) is 0 Å². The van der Waals surface area contributed by atoms with Crippen molar-refractivity contribution in [3.05, 3.63) is 65.2 Å². The predicted octanol–water partition coefficient (Wildman–Crippen LogP) is 3.27. The van der Waals surface area contributed by atoms with Gasteiger partial charge in [-0.1, -0.05) is 42.0 Å². The lowest BCUT2D eigenvalue weighted by molar-refractivity contribution is 0.0802. The summed E-state index contributed by atoms with van der Waals surface area (Å²) in [4.78, 5) is 29.5. The van der Waals surface area contributed by atoms with E-state index in [1.807, 2.05) is 48.2 Å². The zero-order valence-corrected chi connectivity index (χ0v) is 17.1. The second-order valence-electron chi connectivity index (χ2n) is 7.88. The zero-order valence-electron chi connectivity index (χ0n) is 17.1. The highest BCUT2D eigenvalue weighted by Gasteiger charge is 2.45. The number of anilines is 1. The van der Waals surface area contributed by atoms with Crippen LogP contribution in [-0.2, 0) is 6.54 Å². The van der Waals surface area contributed by atoms with Crippen LogP contribution in [0, 0.1) is 6.92 Å². The van der Waals surface area contributed by atoms with Crippen LogP contribution in [0.1, 0.15) is 41.3 Å². The highest BCUT2D eigenvalue weighted by molar-refractivity contribution is 6.02. The summed E-state index contributed by atoms with van der Waals surface area (Å²) in [5, 5.41) is 6.26. The molecule has 0 unspecified atom stereocenters. The van der Waals surface area contributed by atoms with Gasteiger partial charge in [0.2, 0.25) is 0 Å². The molecule has 2 aromatic rings. The van der Waals surface area contributed by atoms with E-state index in [1.165, 1.54) is 5.56 Å². The largest absolute Gasteiger partial charge is 0.348 e. The number of hydrogen-bond acceptors (Lipinski definition) is 3. The van der Waals surface area contributed by atoms with Gasteiger partial charge in [0.15, 0.2) is 0 Å². The fraction of sp³-hybridized carbons (Fsp3) is 0.391. The van der Waals surface area contributed by atoms with E-state index >= 15 is 0 Å². The third-order valence-corrected chi connectivity index (χ3v) is 6.06. The van der Waals surface area contributed by atoms with Crippen molar-refractivity contribution in [2.75, 3.05) is 24.5 Å². The molecule has 1 fully saturated rings. The molecule has 0 saturated carbocycles. The van der Waals surface area contributed by atoms with E-state index in [4.69, 9.17) is 0 Å². The molecule has 2 aliphatic heterocycles. The van der Waals surface area contributed by atoms with Gasteiger partial charge in [0.05, 0.1) is 11.3 Å². The second kappa shape index (κ2) is 7.78. The molecule has 0 radical (unpaired) electrons. The molecule has 3 amide bonds. The molecule has 0 aromatic heterocycles. The molecule has 2 aliphatic rings. The molecule has 2 heterocycles. The van der Waals surface area contributed by atoms with Crippen LogP contribution in [0.2, 0.25) is 0 Å². The van der Waals surface area contributed by atoms with Crippen molar-refractivity contribution in [2.24, 2.45) is 0 Å². The van der Waals surface area contributed by atoms with Crippen molar-refractivity contribution >= 4 is 17.6 Å². The number of benzene rings is 2. The molecule has 0 aliphatic carbocycles. The number of piperidine rings is 1. The summed E-state index contributed by atoms with van der Waals surface area (Å²) in [6, 6.07) is 15.9. The van der Waals surface area contributed by atoms with Gasteiger partial charge in [-0.25, -0.2) is 4.79 Å². The van der Waals surface area contributed by atoms with Crippen molar-refractivity contribution in [3.8, 4) is 0 Å². The van der Waals surface area contributed by atoms with E-state index in [9.17, 15) is 9.59 Å². The zero-order chi connectivity index (χ0) is 20.4. The third-order valence-electron chi connectivity index (χ3n) is 6.06. The molecule has 2 aromatic carbocycles. The number of hydrogen-bond donors (Lipinski definition) is 2. The summed E-state index contributed by atoms with van der Waals surface area (Å²) in [6.45, 7) is 6.70. The first-order chi connectivity index (χ1) is 14.0. The highest BCUT2D eigenvalue weighted by atomic mass is 16.2. The number of carbonyl (C=O) groups excluding carboxylic acids is 2. The quantitative estimate of drug-likeness (QED) is 0.843. The number of nitrogens with one attached hydrogen (secondary N) is 2. The Bertz CT molecular complexity index is 901. The van der Waals surface area contributed by atoms with Crippen LogP contribution in [0.25, 0.3) is 0 Å². The Kier molecular flexibility index (Phi) is 5.18. The average Bonchev–Trinajstić information content (AvgIpc) is 2.74. The maximum atomic E-state index is 12.7. The Balaban J connectivity index is 1.41. The number of aryl methyl sites for hydroxylation is 1. The molecule has 6 nitrogen and oxygen atoms in total. The number of rotatable bonds is 3. The van der Waals surface area contributed by atoms with Crippen LogP contribution in [0.5, 0.6) is 0 Å². The minimum Gasteiger partial charge on any atom is -0.348 e. The third kappa shape index (κ3) is 3.67. The maximum Gasteiger partial charge on any atom is 0.317 e. The topological polar surface area (TPSA) is 64.7 Å². The predicted molar refractivity (Wildman–Crippen MR) is 114 cm³/mol. The van der Waals surface area contributed by atoms with Gasteiger partial charge in [-0.05, 0) is 31.5 Å². The van der Waals surface area contributed by atoms with Crippen LogP contribution in [-0.4, -0.2) is 42.1 Å². The van der Waals surface area contributed by atoms with Crippen molar-refractivity contribution in [3.63, 3.8) is 0 Å². The molecule has 4 rings (SSSR count). The summed E-state index contributed by atoms with van der Waals surface area (Å²) in [7, 11) is 0. The maximum absolute atomic E-state index is 12.7. The van der Waals surface area contributed by atoms with E-state index in [1.54, 1.807) is 0 Å². The minimum absolute atomic E-state index is 0.0254. The molecule has 1 spiro atoms. The van der Waals surface area contributed by atoms with Gasteiger partial charge in [0.1, 0.15) is 5.66 Å². The lowest BCUT2D eigenvalue weighted by Gasteiger charge is -2.52. The number of amides is 3. The Morgan fingerprint density at radius 2 is 1.79 bits per heavy atom. The fourth-order valence-electron chi connectivity index (χ4n) is 4.42. The second-order valence-corrected chi connectivity index (χ2v) is 7.88. The summed E-state index contributed by atoms with van der Waals surface area (Å²) in [5.74, 6) is -0.0254. The van der Waals surface area contributed by atoms with E-state index < -0.39 is 5.66 Å². The van der Waals surface area contributed by atoms with Gasteiger partial charge in [-0.3, -0.25) is 4.79 Å². The lowest BCUT2D eigenvalue weighted by Crippen LogP contribution is -2.68. The molecular formula is C23H28N4O2. The first kappa shape index (κ1) is 19.3. The standard InChI is InChI=1S/C23H28N4O2/c1-3-27-20-7-5-4-6-19(20)21(28)25-23(27)12-14-26(15-13-23)22(29)24-16-18-10-8-17(2)9-11-18/h4-11H,3,12-16H2,1-2H3,(H,24,29)(H,25,28). The molecule has 0 atom stereocenters. The smallest absolute Gasteiger partial charge is 0.317 e. The summed E-state index contributed by atoms with van der Waals surface area (Å²) in [6.07, 6.45) is 1.41. The number of para-hydroxylation sites is 1. The lowest BCUT2D eigenvalue weighted by atomic mass is 9.90. The van der Waals surface area contributed by atoms with Crippen molar-refractivity contribution in [2.45, 2.75) is 38.9 Å². The number of carbonyl (C=O) groups is 2. The average molecular weight is 393 g/mol. The van der Waals surface area contributed by atoms with Gasteiger partial charge in [0.25, 0.3) is 5.91 Å². The van der Waals surface area contributed by atoms with Crippen LogP contribution >= 0.6 is 0 Å². The first-order valence-corrected chi connectivity index (χ1v) is 10.3. The summed E-state index contributed by atoms with van der Waals surface area (Å²) < 4.78 is 0. The SMILES string of the molecule is CCN1c2ccccc2C(=O)NC12CCN(C(=O)NCc1ccc(C)cc1)CC2.